The van der Waals surface area contributed by atoms with Crippen LogP contribution in [0, 0.1) is 11.3 Å². The van der Waals surface area contributed by atoms with Gasteiger partial charge in [0, 0.05) is 19.5 Å². The molecule has 1 aromatic rings. The number of nitrogens with zero attached hydrogens (tertiary/aromatic N) is 2. The van der Waals surface area contributed by atoms with Gasteiger partial charge in [-0.1, -0.05) is 57.5 Å². The summed E-state index contributed by atoms with van der Waals surface area (Å²) in [6.45, 7) is 7.43. The van der Waals surface area contributed by atoms with E-state index in [1.54, 1.807) is 4.90 Å². The third-order valence-electron chi connectivity index (χ3n) is 8.51. The van der Waals surface area contributed by atoms with Crippen LogP contribution < -0.4 is 10.6 Å². The average Bonchev–Trinajstić information content (AvgIpc) is 3.35. The second-order valence-corrected chi connectivity index (χ2v) is 11.0. The molecule has 0 radical (unpaired) electrons. The molecule has 1 spiro atoms. The lowest BCUT2D eigenvalue weighted by Crippen LogP contribution is -2.51. The van der Waals surface area contributed by atoms with Crippen molar-refractivity contribution in [3.63, 3.8) is 0 Å². The molecule has 0 bridgehead atoms. The monoisotopic (exact) mass is 482 g/mol. The van der Waals surface area contributed by atoms with E-state index in [4.69, 9.17) is 0 Å². The quantitative estimate of drug-likeness (QED) is 0.555. The lowest BCUT2D eigenvalue weighted by molar-refractivity contribution is -0.136. The number of amides is 5. The van der Waals surface area contributed by atoms with Crippen LogP contribution in [0.5, 0.6) is 0 Å². The Labute approximate surface area is 207 Å². The summed E-state index contributed by atoms with van der Waals surface area (Å²) in [7, 11) is 0. The summed E-state index contributed by atoms with van der Waals surface area (Å²) in [4.78, 5) is 54.1. The number of likely N-dealkylation sites (tertiary alicyclic amines) is 1. The van der Waals surface area contributed by atoms with E-state index >= 15 is 0 Å². The van der Waals surface area contributed by atoms with Gasteiger partial charge >= 0.3 is 6.03 Å². The molecule has 2 heterocycles. The van der Waals surface area contributed by atoms with E-state index < -0.39 is 23.5 Å². The maximum atomic E-state index is 13.3. The topological polar surface area (TPSA) is 98.8 Å². The molecule has 4 rings (SSSR count). The summed E-state index contributed by atoms with van der Waals surface area (Å²) < 4.78 is 0. The smallest absolute Gasteiger partial charge is 0.325 e. The molecule has 0 aromatic heterocycles. The fraction of sp³-hybridized carbons (Fsp3) is 0.630. The minimum atomic E-state index is -0.890. The van der Waals surface area contributed by atoms with Crippen LogP contribution in [0.3, 0.4) is 0 Å². The Morgan fingerprint density at radius 2 is 1.86 bits per heavy atom. The summed E-state index contributed by atoms with van der Waals surface area (Å²) >= 11 is 0. The van der Waals surface area contributed by atoms with E-state index in [1.165, 1.54) is 0 Å². The van der Waals surface area contributed by atoms with Gasteiger partial charge in [-0.15, -0.1) is 0 Å². The van der Waals surface area contributed by atoms with Crippen LogP contribution in [-0.4, -0.2) is 58.7 Å². The van der Waals surface area contributed by atoms with Crippen molar-refractivity contribution in [2.75, 3.05) is 19.6 Å². The standard InChI is InChI=1S/C27H38N4O4/c1-4-26(2,3)20-12-14-27(15-13-20)24(34)31(25(35)29-27)18-22(32)28-21(19-9-6-5-7-10-19)17-30-16-8-11-23(30)33/h5-7,9-10,20-21H,4,8,11-18H2,1-3H3,(H,28,32)(H,29,35). The summed E-state index contributed by atoms with van der Waals surface area (Å²) in [6, 6.07) is 8.58. The van der Waals surface area contributed by atoms with Crippen LogP contribution in [0.4, 0.5) is 4.79 Å². The number of imide groups is 1. The molecule has 1 aliphatic carbocycles. The van der Waals surface area contributed by atoms with E-state index in [-0.39, 0.29) is 23.8 Å². The lowest BCUT2D eigenvalue weighted by atomic mass is 9.65. The first-order chi connectivity index (χ1) is 16.6. The van der Waals surface area contributed by atoms with Crippen molar-refractivity contribution in [3.05, 3.63) is 35.9 Å². The molecule has 3 fully saturated rings. The van der Waals surface area contributed by atoms with Crippen molar-refractivity contribution in [1.82, 2.24) is 20.4 Å². The van der Waals surface area contributed by atoms with E-state index in [0.29, 0.717) is 38.3 Å². The van der Waals surface area contributed by atoms with E-state index in [0.717, 1.165) is 36.1 Å². The second kappa shape index (κ2) is 9.99. The largest absolute Gasteiger partial charge is 0.346 e. The first kappa shape index (κ1) is 25.2. The molecular weight excluding hydrogens is 444 g/mol. The number of benzene rings is 1. The van der Waals surface area contributed by atoms with Crippen molar-refractivity contribution in [3.8, 4) is 0 Å². The Morgan fingerprint density at radius 3 is 2.46 bits per heavy atom. The molecule has 190 valence electrons. The molecule has 1 aromatic carbocycles. The Morgan fingerprint density at radius 1 is 1.17 bits per heavy atom. The fourth-order valence-corrected chi connectivity index (χ4v) is 5.76. The van der Waals surface area contributed by atoms with E-state index in [2.05, 4.69) is 31.4 Å². The molecular formula is C27H38N4O4. The SMILES string of the molecule is CCC(C)(C)C1CCC2(CC1)NC(=O)N(CC(=O)NC(CN1CCCC1=O)c1ccccc1)C2=O. The summed E-state index contributed by atoms with van der Waals surface area (Å²) in [5.41, 5.74) is 0.195. The zero-order chi connectivity index (χ0) is 25.2. The Hall–Kier alpha value is -2.90. The van der Waals surface area contributed by atoms with Gasteiger partial charge in [0.25, 0.3) is 5.91 Å². The highest BCUT2D eigenvalue weighted by Gasteiger charge is 2.53. The van der Waals surface area contributed by atoms with Crippen LogP contribution in [-0.2, 0) is 14.4 Å². The molecule has 2 N–H and O–H groups in total. The third kappa shape index (κ3) is 5.21. The maximum absolute atomic E-state index is 13.3. The molecule has 5 amide bonds. The van der Waals surface area contributed by atoms with Crippen LogP contribution >= 0.6 is 0 Å². The molecule has 35 heavy (non-hydrogen) atoms. The number of urea groups is 1. The molecule has 1 unspecified atom stereocenters. The van der Waals surface area contributed by atoms with Crippen molar-refractivity contribution in [1.29, 1.82) is 0 Å². The number of carbonyl (C=O) groups is 4. The molecule has 1 saturated carbocycles. The predicted octanol–water partition coefficient (Wildman–Crippen LogP) is 3.38. The highest BCUT2D eigenvalue weighted by atomic mass is 16.2. The summed E-state index contributed by atoms with van der Waals surface area (Å²) in [5, 5.41) is 5.89. The molecule has 1 atom stereocenters. The van der Waals surface area contributed by atoms with Gasteiger partial charge in [-0.05, 0) is 49.0 Å². The predicted molar refractivity (Wildman–Crippen MR) is 132 cm³/mol. The number of rotatable bonds is 8. The Balaban J connectivity index is 1.41. The number of hydrogen-bond donors (Lipinski definition) is 2. The van der Waals surface area contributed by atoms with Crippen LogP contribution in [0.15, 0.2) is 30.3 Å². The first-order valence-corrected chi connectivity index (χ1v) is 12.9. The van der Waals surface area contributed by atoms with Gasteiger partial charge in [0.1, 0.15) is 12.1 Å². The Kier molecular flexibility index (Phi) is 7.20. The van der Waals surface area contributed by atoms with Crippen molar-refractivity contribution in [2.45, 2.75) is 77.3 Å². The normalized spacial score (nSPS) is 25.8. The fourth-order valence-electron chi connectivity index (χ4n) is 5.76. The van der Waals surface area contributed by atoms with Crippen LogP contribution in [0.2, 0.25) is 0 Å². The van der Waals surface area contributed by atoms with Gasteiger partial charge in [0.15, 0.2) is 0 Å². The van der Waals surface area contributed by atoms with Gasteiger partial charge in [-0.25, -0.2) is 4.79 Å². The van der Waals surface area contributed by atoms with Crippen LogP contribution in [0.25, 0.3) is 0 Å². The van der Waals surface area contributed by atoms with Crippen molar-refractivity contribution >= 4 is 23.8 Å². The highest BCUT2D eigenvalue weighted by Crippen LogP contribution is 2.45. The minimum Gasteiger partial charge on any atom is -0.346 e. The Bertz CT molecular complexity index is 969. The van der Waals surface area contributed by atoms with Gasteiger partial charge in [0.2, 0.25) is 11.8 Å². The van der Waals surface area contributed by atoms with Gasteiger partial charge in [0.05, 0.1) is 6.04 Å². The molecule has 8 heteroatoms. The third-order valence-corrected chi connectivity index (χ3v) is 8.51. The zero-order valence-electron chi connectivity index (χ0n) is 21.1. The average molecular weight is 483 g/mol. The molecule has 3 aliphatic rings. The number of hydrogen-bond acceptors (Lipinski definition) is 4. The van der Waals surface area contributed by atoms with E-state index in [1.807, 2.05) is 30.3 Å². The zero-order valence-corrected chi connectivity index (χ0v) is 21.1. The second-order valence-electron chi connectivity index (χ2n) is 11.0. The van der Waals surface area contributed by atoms with Crippen molar-refractivity contribution < 1.29 is 19.2 Å². The highest BCUT2D eigenvalue weighted by molar-refractivity contribution is 6.09. The minimum absolute atomic E-state index is 0.0815. The van der Waals surface area contributed by atoms with Gasteiger partial charge in [-0.3, -0.25) is 19.3 Å². The molecule has 2 saturated heterocycles. The molecule has 8 nitrogen and oxygen atoms in total. The molecule has 2 aliphatic heterocycles. The van der Waals surface area contributed by atoms with Gasteiger partial charge < -0.3 is 15.5 Å². The van der Waals surface area contributed by atoms with Crippen molar-refractivity contribution in [2.24, 2.45) is 11.3 Å². The summed E-state index contributed by atoms with van der Waals surface area (Å²) in [5.74, 6) is -0.110. The number of carbonyl (C=O) groups excluding carboxylic acids is 4. The summed E-state index contributed by atoms with van der Waals surface area (Å²) in [6.07, 6.45) is 5.38. The maximum Gasteiger partial charge on any atom is 0.325 e. The van der Waals surface area contributed by atoms with E-state index in [9.17, 15) is 19.2 Å². The van der Waals surface area contributed by atoms with Crippen LogP contribution in [0.1, 0.15) is 77.3 Å². The van der Waals surface area contributed by atoms with Gasteiger partial charge in [-0.2, -0.15) is 0 Å². The first-order valence-electron chi connectivity index (χ1n) is 12.9. The number of nitrogens with one attached hydrogen (secondary N) is 2. The lowest BCUT2D eigenvalue weighted by Gasteiger charge is -2.42.